The van der Waals surface area contributed by atoms with Crippen LogP contribution in [0, 0.1) is 0 Å². The van der Waals surface area contributed by atoms with Gasteiger partial charge in [-0.3, -0.25) is 0 Å². The van der Waals surface area contributed by atoms with Crippen LogP contribution in [0.4, 0.5) is 0 Å². The Bertz CT molecular complexity index is 494. The predicted octanol–water partition coefficient (Wildman–Crippen LogP) is 1.09. The van der Waals surface area contributed by atoms with Crippen molar-refractivity contribution in [2.45, 2.75) is 38.0 Å². The zero-order chi connectivity index (χ0) is 14.5. The van der Waals surface area contributed by atoms with Gasteiger partial charge in [0.2, 0.25) is 5.09 Å². The van der Waals surface area contributed by atoms with Gasteiger partial charge < -0.3 is 14.5 Å². The first kappa shape index (κ1) is 16.2. The van der Waals surface area contributed by atoms with E-state index in [1.807, 2.05) is 20.8 Å². The van der Waals surface area contributed by atoms with Crippen LogP contribution in [-0.4, -0.2) is 34.2 Å². The second kappa shape index (κ2) is 6.51. The summed E-state index contributed by atoms with van der Waals surface area (Å²) in [5.74, 6) is 0.570. The molecule has 7 heteroatoms. The maximum atomic E-state index is 11.5. The number of nitrogens with one attached hydrogen (secondary N) is 2. The summed E-state index contributed by atoms with van der Waals surface area (Å²) in [6.45, 7) is 7.68. The molecule has 1 rings (SSSR count). The zero-order valence-corrected chi connectivity index (χ0v) is 12.6. The molecule has 0 saturated heterocycles. The molecule has 0 aliphatic heterocycles. The minimum atomic E-state index is -3.51. The van der Waals surface area contributed by atoms with Crippen LogP contribution in [0.2, 0.25) is 0 Å². The smallest absolute Gasteiger partial charge is 0.273 e. The molecule has 19 heavy (non-hydrogen) atoms. The third-order valence-electron chi connectivity index (χ3n) is 2.56. The van der Waals surface area contributed by atoms with Crippen LogP contribution in [0.15, 0.2) is 21.6 Å². The van der Waals surface area contributed by atoms with Crippen LogP contribution in [-0.2, 0) is 21.3 Å². The summed E-state index contributed by atoms with van der Waals surface area (Å²) < 4.78 is 36.0. The molecule has 0 atom stereocenters. The lowest BCUT2D eigenvalue weighted by Gasteiger charge is -2.24. The highest BCUT2D eigenvalue weighted by Gasteiger charge is 2.18. The van der Waals surface area contributed by atoms with Crippen LogP contribution in [0.1, 0.15) is 26.5 Å². The lowest BCUT2D eigenvalue weighted by atomic mass is 10.1. The molecular formula is C12H22N2O4S. The summed E-state index contributed by atoms with van der Waals surface area (Å²) >= 11 is 0. The van der Waals surface area contributed by atoms with Crippen molar-refractivity contribution >= 4 is 10.0 Å². The molecule has 0 aromatic carbocycles. The van der Waals surface area contributed by atoms with Gasteiger partial charge in [-0.05, 0) is 40.0 Å². The summed E-state index contributed by atoms with van der Waals surface area (Å²) in [6, 6.07) is 3.08. The monoisotopic (exact) mass is 290 g/mol. The van der Waals surface area contributed by atoms with Crippen molar-refractivity contribution in [2.24, 2.45) is 0 Å². The molecule has 0 spiro atoms. The molecule has 2 N–H and O–H groups in total. The molecule has 0 bridgehead atoms. The number of rotatable bonds is 8. The molecule has 0 fully saturated rings. The number of hydrogen-bond acceptors (Lipinski definition) is 5. The van der Waals surface area contributed by atoms with Crippen molar-refractivity contribution in [1.29, 1.82) is 0 Å². The molecule has 110 valence electrons. The SMILES string of the molecule is CCOC(C)(C)CNCc1ccc(S(=O)(=O)NC)o1. The van der Waals surface area contributed by atoms with E-state index in [0.29, 0.717) is 25.5 Å². The molecule has 0 radical (unpaired) electrons. The van der Waals surface area contributed by atoms with Gasteiger partial charge in [0, 0.05) is 13.2 Å². The molecule has 1 aromatic rings. The van der Waals surface area contributed by atoms with Crippen molar-refractivity contribution in [1.82, 2.24) is 10.0 Å². The Morgan fingerprint density at radius 3 is 2.63 bits per heavy atom. The van der Waals surface area contributed by atoms with Gasteiger partial charge in [-0.25, -0.2) is 13.1 Å². The van der Waals surface area contributed by atoms with Crippen molar-refractivity contribution in [3.05, 3.63) is 17.9 Å². The predicted molar refractivity (Wildman–Crippen MR) is 72.4 cm³/mol. The fourth-order valence-corrected chi connectivity index (χ4v) is 2.29. The summed E-state index contributed by atoms with van der Waals surface area (Å²) in [6.07, 6.45) is 0. The van der Waals surface area contributed by atoms with Crippen molar-refractivity contribution in [3.8, 4) is 0 Å². The van der Waals surface area contributed by atoms with Crippen LogP contribution >= 0.6 is 0 Å². The molecule has 0 amide bonds. The average molecular weight is 290 g/mol. The lowest BCUT2D eigenvalue weighted by molar-refractivity contribution is -0.00923. The number of hydrogen-bond donors (Lipinski definition) is 2. The van der Waals surface area contributed by atoms with Gasteiger partial charge in [0.15, 0.2) is 0 Å². The Labute approximate surface area is 114 Å². The Morgan fingerprint density at radius 1 is 1.37 bits per heavy atom. The van der Waals surface area contributed by atoms with E-state index in [1.54, 1.807) is 6.07 Å². The van der Waals surface area contributed by atoms with Gasteiger partial charge in [-0.2, -0.15) is 0 Å². The van der Waals surface area contributed by atoms with E-state index >= 15 is 0 Å². The van der Waals surface area contributed by atoms with E-state index < -0.39 is 10.0 Å². The third-order valence-corrected chi connectivity index (χ3v) is 3.84. The van der Waals surface area contributed by atoms with Crippen molar-refractivity contribution < 1.29 is 17.6 Å². The average Bonchev–Trinajstić information content (AvgIpc) is 2.78. The van der Waals surface area contributed by atoms with Gasteiger partial charge in [0.05, 0.1) is 12.1 Å². The minimum Gasteiger partial charge on any atom is -0.447 e. The van der Waals surface area contributed by atoms with Gasteiger partial charge in [-0.15, -0.1) is 0 Å². The molecule has 6 nitrogen and oxygen atoms in total. The van der Waals surface area contributed by atoms with E-state index in [4.69, 9.17) is 9.15 Å². The van der Waals surface area contributed by atoms with Gasteiger partial charge >= 0.3 is 0 Å². The fraction of sp³-hybridized carbons (Fsp3) is 0.667. The largest absolute Gasteiger partial charge is 0.447 e. The quantitative estimate of drug-likeness (QED) is 0.749. The van der Waals surface area contributed by atoms with E-state index in [1.165, 1.54) is 13.1 Å². The third kappa shape index (κ3) is 4.94. The maximum absolute atomic E-state index is 11.5. The first-order valence-electron chi connectivity index (χ1n) is 6.17. The van der Waals surface area contributed by atoms with E-state index in [9.17, 15) is 8.42 Å². The van der Waals surface area contributed by atoms with Gasteiger partial charge in [0.1, 0.15) is 5.76 Å². The summed E-state index contributed by atoms with van der Waals surface area (Å²) in [5.41, 5.74) is -0.263. The molecule has 1 heterocycles. The molecule has 0 unspecified atom stereocenters. The van der Waals surface area contributed by atoms with Crippen molar-refractivity contribution in [2.75, 3.05) is 20.2 Å². The Balaban J connectivity index is 2.52. The normalized spacial score (nSPS) is 12.8. The van der Waals surface area contributed by atoms with Gasteiger partial charge in [-0.1, -0.05) is 0 Å². The number of furan rings is 1. The Kier molecular flexibility index (Phi) is 5.54. The van der Waals surface area contributed by atoms with Crippen LogP contribution in [0.25, 0.3) is 0 Å². The molecular weight excluding hydrogens is 268 g/mol. The molecule has 0 aliphatic rings. The maximum Gasteiger partial charge on any atom is 0.273 e. The summed E-state index contributed by atoms with van der Waals surface area (Å²) in [7, 11) is -2.16. The van der Waals surface area contributed by atoms with E-state index in [-0.39, 0.29) is 10.7 Å². The second-order valence-electron chi connectivity index (χ2n) is 4.72. The highest BCUT2D eigenvalue weighted by molar-refractivity contribution is 7.89. The van der Waals surface area contributed by atoms with Crippen LogP contribution in [0.5, 0.6) is 0 Å². The first-order chi connectivity index (χ1) is 8.80. The number of ether oxygens (including phenoxy) is 1. The molecule has 1 aromatic heterocycles. The summed E-state index contributed by atoms with van der Waals surface area (Å²) in [4.78, 5) is 0. The first-order valence-corrected chi connectivity index (χ1v) is 7.66. The van der Waals surface area contributed by atoms with Gasteiger partial charge in [0.25, 0.3) is 10.0 Å². The Hall–Kier alpha value is -0.890. The second-order valence-corrected chi connectivity index (χ2v) is 6.54. The van der Waals surface area contributed by atoms with E-state index in [0.717, 1.165) is 0 Å². The summed E-state index contributed by atoms with van der Waals surface area (Å²) in [5, 5.41) is 3.10. The fourth-order valence-electron chi connectivity index (χ4n) is 1.63. The zero-order valence-electron chi connectivity index (χ0n) is 11.8. The van der Waals surface area contributed by atoms with Crippen LogP contribution in [0.3, 0.4) is 0 Å². The standard InChI is InChI=1S/C12H22N2O4S/c1-5-17-12(2,3)9-14-8-10-6-7-11(18-10)19(15,16)13-4/h6-7,13-14H,5,8-9H2,1-4H3. The minimum absolute atomic E-state index is 0.0733. The Morgan fingerprint density at radius 2 is 2.05 bits per heavy atom. The van der Waals surface area contributed by atoms with E-state index in [2.05, 4.69) is 10.0 Å². The number of sulfonamides is 1. The topological polar surface area (TPSA) is 80.6 Å². The molecule has 0 aliphatic carbocycles. The molecule has 0 saturated carbocycles. The van der Waals surface area contributed by atoms with Crippen molar-refractivity contribution in [3.63, 3.8) is 0 Å². The van der Waals surface area contributed by atoms with Crippen LogP contribution < -0.4 is 10.0 Å². The highest BCUT2D eigenvalue weighted by Crippen LogP contribution is 2.13. The highest BCUT2D eigenvalue weighted by atomic mass is 32.2. The lowest BCUT2D eigenvalue weighted by Crippen LogP contribution is -2.37.